The largest absolute Gasteiger partial charge is 0.505 e. The minimum absolute atomic E-state index is 0.0732. The maximum absolute atomic E-state index is 14.5. The lowest BCUT2D eigenvalue weighted by Gasteiger charge is -2.50. The molecule has 0 aromatic heterocycles. The Labute approximate surface area is 228 Å². The highest BCUT2D eigenvalue weighted by Gasteiger charge is 2.76. The van der Waals surface area contributed by atoms with Gasteiger partial charge in [-0.05, 0) is 24.8 Å². The van der Waals surface area contributed by atoms with Crippen LogP contribution < -0.4 is 0 Å². The van der Waals surface area contributed by atoms with Gasteiger partial charge in [0, 0.05) is 18.0 Å². The smallest absolute Gasteiger partial charge is 0.305 e. The molecule has 4 aliphatic rings. The second kappa shape index (κ2) is 8.78. The number of nitrogens with zero attached hydrogens (tertiary/aromatic N) is 2. The minimum atomic E-state index is -2.16. The van der Waals surface area contributed by atoms with E-state index in [-0.39, 0.29) is 30.4 Å². The maximum Gasteiger partial charge on any atom is 0.305 e. The Morgan fingerprint density at radius 3 is 2.46 bits per heavy atom. The Morgan fingerprint density at radius 1 is 1.11 bits per heavy atom. The third-order valence-electron chi connectivity index (χ3n) is 7.98. The number of imide groups is 2. The number of phenolic OH excluding ortho intramolecular Hbond substituents is 1. The van der Waals surface area contributed by atoms with E-state index in [1.807, 2.05) is 0 Å². The quantitative estimate of drug-likeness (QED) is 0.225. The van der Waals surface area contributed by atoms with Gasteiger partial charge in [-0.1, -0.05) is 39.7 Å². The van der Waals surface area contributed by atoms with E-state index in [9.17, 15) is 33.5 Å². The average molecular weight is 618 g/mol. The van der Waals surface area contributed by atoms with Crippen molar-refractivity contribution >= 4 is 68.7 Å². The molecule has 0 spiro atoms. The van der Waals surface area contributed by atoms with Crippen LogP contribution in [0.5, 0.6) is 5.75 Å². The molecule has 1 aromatic carbocycles. The topological polar surface area (TPSA) is 132 Å². The van der Waals surface area contributed by atoms with E-state index < -0.39 is 81.0 Å². The Balaban J connectivity index is 1.69. The molecule has 0 bridgehead atoms. The number of alkyl halides is 3. The van der Waals surface area contributed by atoms with Gasteiger partial charge in [0.2, 0.25) is 11.8 Å². The van der Waals surface area contributed by atoms with Gasteiger partial charge in [-0.2, -0.15) is 0 Å². The highest BCUT2D eigenvalue weighted by Crippen LogP contribution is 2.66. The van der Waals surface area contributed by atoms with E-state index >= 15 is 0 Å². The van der Waals surface area contributed by atoms with Crippen LogP contribution in [0.3, 0.4) is 0 Å². The Hall–Kier alpha value is -2.50. The fraction of sp³-hybridized carbons (Fsp3) is 0.458. The molecule has 0 unspecified atom stereocenters. The van der Waals surface area contributed by atoms with E-state index in [0.29, 0.717) is 5.57 Å². The number of allylic oxidation sites excluding steroid dienone is 2. The van der Waals surface area contributed by atoms with Crippen LogP contribution in [0.25, 0.3) is 0 Å². The number of likely N-dealkylation sites (tertiary alicyclic amines) is 2. The molecule has 0 radical (unpaired) electrons. The molecule has 2 aliphatic heterocycles. The molecule has 1 aromatic rings. The maximum atomic E-state index is 14.5. The average Bonchev–Trinajstić information content (AvgIpc) is 3.17. The number of rotatable bonds is 5. The van der Waals surface area contributed by atoms with Crippen LogP contribution in [-0.2, 0) is 24.0 Å². The molecule has 1 saturated carbocycles. The van der Waals surface area contributed by atoms with Crippen LogP contribution in [-0.4, -0.2) is 71.4 Å². The molecule has 2 aliphatic carbocycles. The van der Waals surface area contributed by atoms with Crippen LogP contribution >= 0.6 is 39.1 Å². The number of para-hydroxylation sites is 1. The van der Waals surface area contributed by atoms with Gasteiger partial charge in [0.05, 0.1) is 23.7 Å². The van der Waals surface area contributed by atoms with Crippen molar-refractivity contribution in [3.63, 3.8) is 0 Å². The highest BCUT2D eigenvalue weighted by atomic mass is 79.9. The molecule has 6 atom stereocenters. The standard InChI is InChI=1S/C24H20BrCl2FN2O7/c25-9-30-21(36)23(26)8-13-10(4-5-11-16(13)20(35)29(19(11)34)7-6-15(31)32)17(24(23,27)22(30)37)12-2-1-3-14(28)18(12)33/h1-4,11,13,16-17,33H,5-9H2,(H,31,32)/t11-,13+,16-,17+,23+,24-/m0/s1. The molecule has 2 heterocycles. The number of aromatic hydroxyl groups is 1. The van der Waals surface area contributed by atoms with Crippen molar-refractivity contribution in [2.45, 2.75) is 34.9 Å². The van der Waals surface area contributed by atoms with Gasteiger partial charge in [0.1, 0.15) is 0 Å². The normalized spacial score (nSPS) is 34.9. The second-order valence-electron chi connectivity index (χ2n) is 9.64. The summed E-state index contributed by atoms with van der Waals surface area (Å²) >= 11 is 17.1. The number of amides is 4. The lowest BCUT2D eigenvalue weighted by Crippen LogP contribution is -2.60. The zero-order valence-corrected chi connectivity index (χ0v) is 22.1. The lowest BCUT2D eigenvalue weighted by molar-refractivity contribution is -0.143. The van der Waals surface area contributed by atoms with Gasteiger partial charge in [-0.3, -0.25) is 33.8 Å². The summed E-state index contributed by atoms with van der Waals surface area (Å²) in [6, 6.07) is 3.71. The van der Waals surface area contributed by atoms with E-state index in [2.05, 4.69) is 15.9 Å². The van der Waals surface area contributed by atoms with Crippen LogP contribution in [0.1, 0.15) is 30.7 Å². The summed E-state index contributed by atoms with van der Waals surface area (Å²) in [6.45, 7) is -0.309. The second-order valence-corrected chi connectivity index (χ2v) is 11.4. The monoisotopic (exact) mass is 616 g/mol. The molecule has 3 fully saturated rings. The molecule has 4 amide bonds. The van der Waals surface area contributed by atoms with Crippen molar-refractivity contribution in [2.24, 2.45) is 17.8 Å². The summed E-state index contributed by atoms with van der Waals surface area (Å²) in [5.74, 6) is -9.66. The molecule has 5 rings (SSSR count). The minimum Gasteiger partial charge on any atom is -0.505 e. The number of benzene rings is 1. The number of fused-ring (bicyclic) bond motifs is 4. The van der Waals surface area contributed by atoms with Gasteiger partial charge in [0.25, 0.3) is 11.8 Å². The van der Waals surface area contributed by atoms with Gasteiger partial charge < -0.3 is 10.2 Å². The third kappa shape index (κ3) is 3.36. The third-order valence-corrected chi connectivity index (χ3v) is 9.90. The molecule has 2 N–H and O–H groups in total. The Kier molecular flexibility index (Phi) is 6.20. The first kappa shape index (κ1) is 26.1. The number of carboxylic acids is 1. The molecule has 196 valence electrons. The first-order valence-corrected chi connectivity index (χ1v) is 13.3. The molecular formula is C24H20BrCl2FN2O7. The summed E-state index contributed by atoms with van der Waals surface area (Å²) in [5, 5.41) is 19.7. The van der Waals surface area contributed by atoms with Crippen molar-refractivity contribution in [3.8, 4) is 5.75 Å². The predicted octanol–water partition coefficient (Wildman–Crippen LogP) is 2.72. The van der Waals surface area contributed by atoms with Crippen LogP contribution in [0.4, 0.5) is 4.39 Å². The van der Waals surface area contributed by atoms with Gasteiger partial charge in [0.15, 0.2) is 21.3 Å². The summed E-state index contributed by atoms with van der Waals surface area (Å²) in [5.41, 5.74) is 0.102. The highest BCUT2D eigenvalue weighted by molar-refractivity contribution is 9.09. The van der Waals surface area contributed by atoms with E-state index in [4.69, 9.17) is 28.3 Å². The number of carbonyl (C=O) groups excluding carboxylic acids is 4. The predicted molar refractivity (Wildman–Crippen MR) is 130 cm³/mol. The number of phenols is 1. The Bertz CT molecular complexity index is 1310. The van der Waals surface area contributed by atoms with Gasteiger partial charge >= 0.3 is 5.97 Å². The molecule has 9 nitrogen and oxygen atoms in total. The Morgan fingerprint density at radius 2 is 1.81 bits per heavy atom. The number of carbonyl (C=O) groups is 5. The zero-order chi connectivity index (χ0) is 27.0. The number of carboxylic acid groups (broad SMARTS) is 1. The van der Waals surface area contributed by atoms with Crippen molar-refractivity contribution < 1.29 is 38.6 Å². The van der Waals surface area contributed by atoms with Crippen LogP contribution in [0.2, 0.25) is 0 Å². The molecule has 2 saturated heterocycles. The van der Waals surface area contributed by atoms with E-state index in [1.54, 1.807) is 6.08 Å². The van der Waals surface area contributed by atoms with Crippen LogP contribution in [0.15, 0.2) is 29.8 Å². The van der Waals surface area contributed by atoms with Crippen molar-refractivity contribution in [1.82, 2.24) is 9.80 Å². The number of hydrogen-bond donors (Lipinski definition) is 2. The summed E-state index contributed by atoms with van der Waals surface area (Å²) < 4.78 is 14.5. The SMILES string of the molecule is O=C(O)CCN1C(=O)[C@H]2[C@H](CC=C3[C@H]2C[C@@]2(Cl)C(=O)N(CBr)C(=O)[C@@]2(Cl)[C@H]3c2cccc(F)c2O)C1=O. The number of hydrogen-bond acceptors (Lipinski definition) is 6. The van der Waals surface area contributed by atoms with Gasteiger partial charge in [-0.25, -0.2) is 4.39 Å². The van der Waals surface area contributed by atoms with Crippen molar-refractivity contribution in [3.05, 3.63) is 41.2 Å². The molecule has 13 heteroatoms. The number of halogens is 4. The number of aliphatic carboxylic acids is 1. The van der Waals surface area contributed by atoms with Gasteiger partial charge in [-0.15, -0.1) is 23.2 Å². The first-order chi connectivity index (χ1) is 17.4. The van der Waals surface area contributed by atoms with Crippen molar-refractivity contribution in [1.29, 1.82) is 0 Å². The molecular weight excluding hydrogens is 598 g/mol. The molecule has 37 heavy (non-hydrogen) atoms. The van der Waals surface area contributed by atoms with Crippen LogP contribution in [0, 0.1) is 23.6 Å². The van der Waals surface area contributed by atoms with E-state index in [0.717, 1.165) is 15.9 Å². The summed E-state index contributed by atoms with van der Waals surface area (Å²) in [4.78, 5) is 62.2. The van der Waals surface area contributed by atoms with Crippen molar-refractivity contribution in [2.75, 3.05) is 12.0 Å². The fourth-order valence-corrected chi connectivity index (χ4v) is 7.77. The van der Waals surface area contributed by atoms with E-state index in [1.165, 1.54) is 12.1 Å². The fourth-order valence-electron chi connectivity index (χ4n) is 6.36. The zero-order valence-electron chi connectivity index (χ0n) is 19.0. The summed E-state index contributed by atoms with van der Waals surface area (Å²) in [7, 11) is 0. The summed E-state index contributed by atoms with van der Waals surface area (Å²) in [6.07, 6.45) is 1.02. The first-order valence-electron chi connectivity index (χ1n) is 11.4. The lowest BCUT2D eigenvalue weighted by atomic mass is 9.56.